The van der Waals surface area contributed by atoms with Gasteiger partial charge in [0, 0.05) is 19.6 Å². The molecule has 0 aliphatic carbocycles. The molecule has 76 valence electrons. The second kappa shape index (κ2) is 4.58. The molecule has 0 radical (unpaired) electrons. The molecule has 13 heavy (non-hydrogen) atoms. The minimum absolute atomic E-state index is 0.0537. The Morgan fingerprint density at radius 1 is 1.62 bits per heavy atom. The van der Waals surface area contributed by atoms with Crippen LogP contribution in [0.5, 0.6) is 0 Å². The highest BCUT2D eigenvalue weighted by atomic mass is 16.5. The van der Waals surface area contributed by atoms with Gasteiger partial charge < -0.3 is 9.84 Å². The highest BCUT2D eigenvalue weighted by Gasteiger charge is 2.23. The Hall–Kier alpha value is -0.610. The highest BCUT2D eigenvalue weighted by Crippen LogP contribution is 2.06. The third-order valence-corrected chi connectivity index (χ3v) is 2.06. The van der Waals surface area contributed by atoms with Crippen LogP contribution in [0, 0.1) is 5.92 Å². The molecule has 0 saturated carbocycles. The van der Waals surface area contributed by atoms with Crippen LogP contribution in [0.3, 0.4) is 0 Å². The second-order valence-corrected chi connectivity index (χ2v) is 3.74. The van der Waals surface area contributed by atoms with Gasteiger partial charge in [-0.25, -0.2) is 0 Å². The molecule has 1 saturated heterocycles. The smallest absolute Gasteiger partial charge is 0.308 e. The number of esters is 1. The largest absolute Gasteiger partial charge is 0.464 e. The summed E-state index contributed by atoms with van der Waals surface area (Å²) in [7, 11) is 0. The van der Waals surface area contributed by atoms with Crippen molar-refractivity contribution in [1.29, 1.82) is 0 Å². The van der Waals surface area contributed by atoms with Crippen LogP contribution < -0.4 is 0 Å². The molecule has 0 aromatic carbocycles. The monoisotopic (exact) mass is 187 g/mol. The van der Waals surface area contributed by atoms with Crippen molar-refractivity contribution in [2.75, 3.05) is 26.2 Å². The predicted octanol–water partition coefficient (Wildman–Crippen LogP) is -0.138. The predicted molar refractivity (Wildman–Crippen MR) is 48.2 cm³/mol. The lowest BCUT2D eigenvalue weighted by molar-refractivity contribution is -0.148. The summed E-state index contributed by atoms with van der Waals surface area (Å²) in [5, 5.41) is 8.97. The molecule has 0 amide bonds. The van der Waals surface area contributed by atoms with Crippen LogP contribution in [0.25, 0.3) is 0 Å². The number of aliphatic hydroxyl groups is 1. The van der Waals surface area contributed by atoms with E-state index in [9.17, 15) is 4.79 Å². The van der Waals surface area contributed by atoms with Crippen molar-refractivity contribution in [2.24, 2.45) is 5.92 Å². The number of hydrogen-bond donors (Lipinski definition) is 1. The maximum atomic E-state index is 11.0. The SMILES string of the molecule is CC(C)C(=O)OCCN1CC(O)C1. The normalized spacial score (nSPS) is 18.8. The molecule has 4 nitrogen and oxygen atoms in total. The summed E-state index contributed by atoms with van der Waals surface area (Å²) in [6.07, 6.45) is -0.180. The van der Waals surface area contributed by atoms with Crippen molar-refractivity contribution in [3.05, 3.63) is 0 Å². The number of nitrogens with zero attached hydrogens (tertiary/aromatic N) is 1. The minimum Gasteiger partial charge on any atom is -0.464 e. The molecular formula is C9H17NO3. The Morgan fingerprint density at radius 2 is 2.23 bits per heavy atom. The van der Waals surface area contributed by atoms with E-state index in [-0.39, 0.29) is 18.0 Å². The number of likely N-dealkylation sites (tertiary alicyclic amines) is 1. The molecule has 0 aromatic heterocycles. The van der Waals surface area contributed by atoms with E-state index in [2.05, 4.69) is 4.90 Å². The molecule has 1 heterocycles. The van der Waals surface area contributed by atoms with E-state index in [0.717, 1.165) is 6.54 Å². The first-order chi connectivity index (χ1) is 6.09. The molecule has 4 heteroatoms. The summed E-state index contributed by atoms with van der Waals surface area (Å²) >= 11 is 0. The van der Waals surface area contributed by atoms with E-state index >= 15 is 0 Å². The van der Waals surface area contributed by atoms with Gasteiger partial charge in [0.05, 0.1) is 12.0 Å². The number of aliphatic hydroxyl groups excluding tert-OH is 1. The van der Waals surface area contributed by atoms with Crippen LogP contribution in [0.15, 0.2) is 0 Å². The molecular weight excluding hydrogens is 170 g/mol. The quantitative estimate of drug-likeness (QED) is 0.622. The minimum atomic E-state index is -0.180. The zero-order chi connectivity index (χ0) is 9.84. The standard InChI is InChI=1S/C9H17NO3/c1-7(2)9(12)13-4-3-10-5-8(11)6-10/h7-8,11H,3-6H2,1-2H3. The molecule has 1 fully saturated rings. The average Bonchev–Trinajstić information content (AvgIpc) is 2.00. The lowest BCUT2D eigenvalue weighted by Gasteiger charge is -2.35. The second-order valence-electron chi connectivity index (χ2n) is 3.74. The van der Waals surface area contributed by atoms with Crippen molar-refractivity contribution in [1.82, 2.24) is 4.90 Å². The van der Waals surface area contributed by atoms with E-state index in [1.54, 1.807) is 0 Å². The van der Waals surface area contributed by atoms with E-state index < -0.39 is 0 Å². The van der Waals surface area contributed by atoms with Gasteiger partial charge in [-0.2, -0.15) is 0 Å². The van der Waals surface area contributed by atoms with Gasteiger partial charge in [-0.1, -0.05) is 13.8 Å². The van der Waals surface area contributed by atoms with Crippen LogP contribution in [0.2, 0.25) is 0 Å². The maximum absolute atomic E-state index is 11.0. The lowest BCUT2D eigenvalue weighted by atomic mass is 10.2. The van der Waals surface area contributed by atoms with Crippen LogP contribution in [-0.2, 0) is 9.53 Å². The van der Waals surface area contributed by atoms with Crippen molar-refractivity contribution >= 4 is 5.97 Å². The fourth-order valence-corrected chi connectivity index (χ4v) is 1.17. The number of rotatable bonds is 4. The Balaban J connectivity index is 1.98. The lowest BCUT2D eigenvalue weighted by Crippen LogP contribution is -2.51. The number of β-amino-alcohol motifs (C(OH)–C–C–N with tert-alkyl or cyclic N) is 1. The molecule has 0 aromatic rings. The van der Waals surface area contributed by atoms with Gasteiger partial charge >= 0.3 is 5.97 Å². The molecule has 1 N–H and O–H groups in total. The summed E-state index contributed by atoms with van der Waals surface area (Å²) in [4.78, 5) is 13.1. The van der Waals surface area contributed by atoms with E-state index in [1.807, 2.05) is 13.8 Å². The number of carbonyl (C=O) groups is 1. The van der Waals surface area contributed by atoms with Crippen LogP contribution in [0.4, 0.5) is 0 Å². The molecule has 1 aliphatic heterocycles. The summed E-state index contributed by atoms with van der Waals surface area (Å²) in [6.45, 7) is 6.21. The zero-order valence-corrected chi connectivity index (χ0v) is 8.19. The van der Waals surface area contributed by atoms with Gasteiger partial charge in [0.15, 0.2) is 0 Å². The molecule has 1 rings (SSSR count). The summed E-state index contributed by atoms with van der Waals surface area (Å²) in [6, 6.07) is 0. The Morgan fingerprint density at radius 3 is 2.69 bits per heavy atom. The van der Waals surface area contributed by atoms with Gasteiger partial charge in [0.1, 0.15) is 6.61 Å². The van der Waals surface area contributed by atoms with Crippen molar-refractivity contribution in [3.8, 4) is 0 Å². The fourth-order valence-electron chi connectivity index (χ4n) is 1.17. The van der Waals surface area contributed by atoms with Gasteiger partial charge in [-0.3, -0.25) is 9.69 Å². The van der Waals surface area contributed by atoms with E-state index in [4.69, 9.17) is 9.84 Å². The average molecular weight is 187 g/mol. The molecule has 0 unspecified atom stereocenters. The van der Waals surface area contributed by atoms with Gasteiger partial charge in [-0.05, 0) is 0 Å². The van der Waals surface area contributed by atoms with Crippen molar-refractivity contribution < 1.29 is 14.6 Å². The van der Waals surface area contributed by atoms with Crippen LogP contribution in [0.1, 0.15) is 13.8 Å². The number of hydrogen-bond acceptors (Lipinski definition) is 4. The Kier molecular flexibility index (Phi) is 3.69. The summed E-state index contributed by atoms with van der Waals surface area (Å²) < 4.78 is 4.98. The van der Waals surface area contributed by atoms with Crippen molar-refractivity contribution in [3.63, 3.8) is 0 Å². The summed E-state index contributed by atoms with van der Waals surface area (Å²) in [5.41, 5.74) is 0. The van der Waals surface area contributed by atoms with Gasteiger partial charge in [0.2, 0.25) is 0 Å². The molecule has 0 atom stereocenters. The van der Waals surface area contributed by atoms with E-state index in [1.165, 1.54) is 0 Å². The fraction of sp³-hybridized carbons (Fsp3) is 0.889. The third-order valence-electron chi connectivity index (χ3n) is 2.06. The zero-order valence-electron chi connectivity index (χ0n) is 8.19. The highest BCUT2D eigenvalue weighted by molar-refractivity contribution is 5.71. The Bertz CT molecular complexity index is 176. The van der Waals surface area contributed by atoms with Gasteiger partial charge in [0.25, 0.3) is 0 Å². The first-order valence-corrected chi connectivity index (χ1v) is 4.66. The first-order valence-electron chi connectivity index (χ1n) is 4.66. The number of ether oxygens (including phenoxy) is 1. The maximum Gasteiger partial charge on any atom is 0.308 e. The third kappa shape index (κ3) is 3.32. The van der Waals surface area contributed by atoms with Crippen molar-refractivity contribution in [2.45, 2.75) is 20.0 Å². The Labute approximate surface area is 78.5 Å². The topological polar surface area (TPSA) is 49.8 Å². The summed E-state index contributed by atoms with van der Waals surface area (Å²) in [5.74, 6) is -0.206. The molecule has 1 aliphatic rings. The number of carbonyl (C=O) groups excluding carboxylic acids is 1. The van der Waals surface area contributed by atoms with Crippen LogP contribution >= 0.6 is 0 Å². The molecule has 0 bridgehead atoms. The van der Waals surface area contributed by atoms with Crippen LogP contribution in [-0.4, -0.2) is 48.3 Å². The van der Waals surface area contributed by atoms with E-state index in [0.29, 0.717) is 19.7 Å². The first kappa shape index (κ1) is 10.5. The molecule has 0 spiro atoms. The van der Waals surface area contributed by atoms with Gasteiger partial charge in [-0.15, -0.1) is 0 Å².